The van der Waals surface area contributed by atoms with Gasteiger partial charge in [-0.25, -0.2) is 4.39 Å². The van der Waals surface area contributed by atoms with Crippen molar-refractivity contribution in [1.29, 1.82) is 0 Å². The van der Waals surface area contributed by atoms with Crippen LogP contribution < -0.4 is 0 Å². The van der Waals surface area contributed by atoms with Crippen molar-refractivity contribution in [2.45, 2.75) is 20.3 Å². The van der Waals surface area contributed by atoms with Gasteiger partial charge in [-0.3, -0.25) is 4.98 Å². The Bertz CT molecular complexity index is 472. The molecule has 0 radical (unpaired) electrons. The Kier molecular flexibility index (Phi) is 2.20. The predicted octanol–water partition coefficient (Wildman–Crippen LogP) is 3.24. The summed E-state index contributed by atoms with van der Waals surface area (Å²) in [7, 11) is 0. The Morgan fingerprint density at radius 3 is 2.79 bits per heavy atom. The first-order valence-corrected chi connectivity index (χ1v) is 4.76. The fourth-order valence-electron chi connectivity index (χ4n) is 1.71. The quantitative estimate of drug-likeness (QED) is 0.671. The van der Waals surface area contributed by atoms with Crippen molar-refractivity contribution in [2.75, 3.05) is 0 Å². The third kappa shape index (κ3) is 1.48. The van der Waals surface area contributed by atoms with Crippen LogP contribution in [0.15, 0.2) is 24.3 Å². The zero-order valence-corrected chi connectivity index (χ0v) is 8.34. The van der Waals surface area contributed by atoms with Crippen molar-refractivity contribution in [3.05, 3.63) is 41.3 Å². The van der Waals surface area contributed by atoms with Gasteiger partial charge in [0.05, 0.1) is 5.52 Å². The lowest BCUT2D eigenvalue weighted by molar-refractivity contribution is 0.629. The fraction of sp³-hybridized carbons (Fsp3) is 0.250. The Hall–Kier alpha value is -1.44. The van der Waals surface area contributed by atoms with E-state index >= 15 is 0 Å². The van der Waals surface area contributed by atoms with E-state index in [4.69, 9.17) is 0 Å². The molecule has 0 unspecified atom stereocenters. The van der Waals surface area contributed by atoms with Crippen LogP contribution in [0.1, 0.15) is 18.2 Å². The van der Waals surface area contributed by atoms with Gasteiger partial charge < -0.3 is 0 Å². The van der Waals surface area contributed by atoms with E-state index in [1.807, 2.05) is 6.92 Å². The molecule has 0 fully saturated rings. The van der Waals surface area contributed by atoms with Crippen LogP contribution in [0.2, 0.25) is 0 Å². The maximum atomic E-state index is 13.0. The number of aryl methyl sites for hydroxylation is 2. The third-order valence-corrected chi connectivity index (χ3v) is 2.37. The van der Waals surface area contributed by atoms with Crippen molar-refractivity contribution < 1.29 is 4.39 Å². The predicted molar refractivity (Wildman–Crippen MR) is 55.8 cm³/mol. The number of fused-ring (bicyclic) bond motifs is 1. The molecule has 2 rings (SSSR count). The maximum Gasteiger partial charge on any atom is 0.125 e. The zero-order chi connectivity index (χ0) is 10.1. The molecular weight excluding hydrogens is 177 g/mol. The van der Waals surface area contributed by atoms with Crippen LogP contribution in [0.4, 0.5) is 4.39 Å². The first kappa shape index (κ1) is 9.13. The molecule has 2 heteroatoms. The van der Waals surface area contributed by atoms with Crippen molar-refractivity contribution >= 4 is 10.9 Å². The van der Waals surface area contributed by atoms with Crippen LogP contribution in [0.5, 0.6) is 0 Å². The smallest absolute Gasteiger partial charge is 0.125 e. The van der Waals surface area contributed by atoms with Crippen molar-refractivity contribution in [2.24, 2.45) is 0 Å². The number of hydrogen-bond acceptors (Lipinski definition) is 1. The second-order valence-electron chi connectivity index (χ2n) is 3.44. The summed E-state index contributed by atoms with van der Waals surface area (Å²) < 4.78 is 13.0. The number of hydrogen-bond donors (Lipinski definition) is 0. The van der Waals surface area contributed by atoms with E-state index in [0.717, 1.165) is 23.0 Å². The van der Waals surface area contributed by atoms with Crippen LogP contribution in [0.3, 0.4) is 0 Å². The molecule has 0 atom stereocenters. The van der Waals surface area contributed by atoms with Crippen LogP contribution in [-0.4, -0.2) is 4.98 Å². The molecule has 1 heterocycles. The molecule has 2 aromatic rings. The SMILES string of the molecule is CCc1cc(C)nc2cc(F)ccc12. The van der Waals surface area contributed by atoms with E-state index < -0.39 is 0 Å². The number of nitrogens with zero attached hydrogens (tertiary/aromatic N) is 1. The summed E-state index contributed by atoms with van der Waals surface area (Å²) in [4.78, 5) is 4.31. The second-order valence-corrected chi connectivity index (χ2v) is 3.44. The van der Waals surface area contributed by atoms with Gasteiger partial charge in [0.1, 0.15) is 5.82 Å². The molecule has 0 spiro atoms. The minimum absolute atomic E-state index is 0.224. The van der Waals surface area contributed by atoms with Gasteiger partial charge in [0.2, 0.25) is 0 Å². The summed E-state index contributed by atoms with van der Waals surface area (Å²) in [5.74, 6) is -0.224. The monoisotopic (exact) mass is 189 g/mol. The largest absolute Gasteiger partial charge is 0.253 e. The van der Waals surface area contributed by atoms with Gasteiger partial charge in [-0.05, 0) is 37.1 Å². The molecule has 0 aliphatic heterocycles. The fourth-order valence-corrected chi connectivity index (χ4v) is 1.71. The van der Waals surface area contributed by atoms with Gasteiger partial charge in [-0.1, -0.05) is 6.92 Å². The Morgan fingerprint density at radius 2 is 2.07 bits per heavy atom. The first-order valence-electron chi connectivity index (χ1n) is 4.76. The number of aromatic nitrogens is 1. The van der Waals surface area contributed by atoms with E-state index in [0.29, 0.717) is 0 Å². The molecular formula is C12H12FN. The lowest BCUT2D eigenvalue weighted by Crippen LogP contribution is -1.91. The highest BCUT2D eigenvalue weighted by Gasteiger charge is 2.03. The molecule has 1 nitrogen and oxygen atoms in total. The molecule has 0 saturated carbocycles. The maximum absolute atomic E-state index is 13.0. The second kappa shape index (κ2) is 3.37. The van der Waals surface area contributed by atoms with E-state index in [1.54, 1.807) is 6.07 Å². The van der Waals surface area contributed by atoms with Gasteiger partial charge >= 0.3 is 0 Å². The van der Waals surface area contributed by atoms with E-state index in [9.17, 15) is 4.39 Å². The summed E-state index contributed by atoms with van der Waals surface area (Å²) in [6, 6.07) is 6.83. The summed E-state index contributed by atoms with van der Waals surface area (Å²) in [6.07, 6.45) is 0.950. The lowest BCUT2D eigenvalue weighted by Gasteiger charge is -2.05. The number of pyridine rings is 1. The average Bonchev–Trinajstić information content (AvgIpc) is 2.15. The summed E-state index contributed by atoms with van der Waals surface area (Å²) >= 11 is 0. The van der Waals surface area contributed by atoms with E-state index in [-0.39, 0.29) is 5.82 Å². The van der Waals surface area contributed by atoms with Crippen LogP contribution in [-0.2, 0) is 6.42 Å². The molecule has 0 bridgehead atoms. The van der Waals surface area contributed by atoms with E-state index in [2.05, 4.69) is 18.0 Å². The molecule has 1 aromatic heterocycles. The summed E-state index contributed by atoms with van der Waals surface area (Å²) in [5, 5.41) is 1.06. The highest BCUT2D eigenvalue weighted by molar-refractivity contribution is 5.82. The minimum Gasteiger partial charge on any atom is -0.253 e. The Balaban J connectivity index is 2.81. The molecule has 0 aliphatic rings. The lowest BCUT2D eigenvalue weighted by atomic mass is 10.1. The Labute approximate surface area is 82.6 Å². The minimum atomic E-state index is -0.224. The topological polar surface area (TPSA) is 12.9 Å². The number of rotatable bonds is 1. The van der Waals surface area contributed by atoms with Crippen LogP contribution >= 0.6 is 0 Å². The van der Waals surface area contributed by atoms with E-state index in [1.165, 1.54) is 17.7 Å². The molecule has 72 valence electrons. The number of halogens is 1. The van der Waals surface area contributed by atoms with Crippen molar-refractivity contribution in [3.8, 4) is 0 Å². The molecule has 14 heavy (non-hydrogen) atoms. The van der Waals surface area contributed by atoms with Gasteiger partial charge in [0.25, 0.3) is 0 Å². The third-order valence-electron chi connectivity index (χ3n) is 2.37. The van der Waals surface area contributed by atoms with Gasteiger partial charge in [-0.15, -0.1) is 0 Å². The van der Waals surface area contributed by atoms with Crippen molar-refractivity contribution in [1.82, 2.24) is 4.98 Å². The van der Waals surface area contributed by atoms with Crippen LogP contribution in [0.25, 0.3) is 10.9 Å². The molecule has 0 aliphatic carbocycles. The molecule has 0 amide bonds. The number of benzene rings is 1. The van der Waals surface area contributed by atoms with Crippen molar-refractivity contribution in [3.63, 3.8) is 0 Å². The average molecular weight is 189 g/mol. The van der Waals surface area contributed by atoms with Crippen LogP contribution in [0, 0.1) is 12.7 Å². The molecule has 1 aromatic carbocycles. The molecule has 0 N–H and O–H groups in total. The highest BCUT2D eigenvalue weighted by Crippen LogP contribution is 2.19. The first-order chi connectivity index (χ1) is 6.70. The Morgan fingerprint density at radius 1 is 1.29 bits per heavy atom. The highest BCUT2D eigenvalue weighted by atomic mass is 19.1. The van der Waals surface area contributed by atoms with Gasteiger partial charge in [-0.2, -0.15) is 0 Å². The standard InChI is InChI=1S/C12H12FN/c1-3-9-6-8(2)14-12-7-10(13)4-5-11(9)12/h4-7H,3H2,1-2H3. The van der Waals surface area contributed by atoms with Gasteiger partial charge in [0, 0.05) is 17.1 Å². The normalized spacial score (nSPS) is 10.8. The summed E-state index contributed by atoms with van der Waals surface area (Å²) in [6.45, 7) is 4.03. The molecule has 0 saturated heterocycles. The summed E-state index contributed by atoms with van der Waals surface area (Å²) in [5.41, 5.74) is 2.93. The van der Waals surface area contributed by atoms with Gasteiger partial charge in [0.15, 0.2) is 0 Å². The zero-order valence-electron chi connectivity index (χ0n) is 8.34.